The number of benzene rings is 1. The fourth-order valence-corrected chi connectivity index (χ4v) is 2.79. The topological polar surface area (TPSA) is 39.1 Å². The Balaban J connectivity index is 1.78. The van der Waals surface area contributed by atoms with Crippen LogP contribution in [-0.4, -0.2) is 23.5 Å². The highest BCUT2D eigenvalue weighted by atomic mass is 15.1. The fraction of sp³-hybridized carbons (Fsp3) is 0.562. The Bertz CT molecular complexity index is 438. The smallest absolute Gasteiger partial charge is 0.103 e. The van der Waals surface area contributed by atoms with Gasteiger partial charge in [-0.15, -0.1) is 0 Å². The van der Waals surface area contributed by atoms with E-state index in [0.717, 1.165) is 39.0 Å². The van der Waals surface area contributed by atoms with Crippen LogP contribution in [0.25, 0.3) is 0 Å². The van der Waals surface area contributed by atoms with Crippen molar-refractivity contribution in [3.05, 3.63) is 35.4 Å². The molecule has 2 rings (SSSR count). The SMILES string of the molecule is CCNC(C)(C#N)CCCN1Cc2ccccc2C1. The van der Waals surface area contributed by atoms with Crippen LogP contribution in [0.4, 0.5) is 0 Å². The van der Waals surface area contributed by atoms with E-state index in [-0.39, 0.29) is 5.54 Å². The lowest BCUT2D eigenvalue weighted by Gasteiger charge is -2.24. The van der Waals surface area contributed by atoms with E-state index in [1.165, 1.54) is 11.1 Å². The average Bonchev–Trinajstić information content (AvgIpc) is 2.81. The van der Waals surface area contributed by atoms with Gasteiger partial charge >= 0.3 is 0 Å². The second-order valence-electron chi connectivity index (χ2n) is 5.56. The third-order valence-electron chi connectivity index (χ3n) is 3.87. The quantitative estimate of drug-likeness (QED) is 0.851. The number of hydrogen-bond acceptors (Lipinski definition) is 3. The fourth-order valence-electron chi connectivity index (χ4n) is 2.79. The minimum Gasteiger partial charge on any atom is -0.300 e. The van der Waals surface area contributed by atoms with Gasteiger partial charge < -0.3 is 0 Å². The van der Waals surface area contributed by atoms with E-state index in [0.29, 0.717) is 0 Å². The van der Waals surface area contributed by atoms with E-state index in [9.17, 15) is 5.26 Å². The highest BCUT2D eigenvalue weighted by Gasteiger charge is 2.23. The van der Waals surface area contributed by atoms with Crippen molar-refractivity contribution in [1.29, 1.82) is 5.26 Å². The first-order chi connectivity index (χ1) is 9.17. The molecule has 1 heterocycles. The molecule has 19 heavy (non-hydrogen) atoms. The van der Waals surface area contributed by atoms with Crippen LogP contribution in [0.3, 0.4) is 0 Å². The Kier molecular flexibility index (Phi) is 4.57. The van der Waals surface area contributed by atoms with E-state index in [1.54, 1.807) is 0 Å². The number of hydrogen-bond donors (Lipinski definition) is 1. The number of nitrogens with zero attached hydrogens (tertiary/aromatic N) is 2. The van der Waals surface area contributed by atoms with Gasteiger partial charge in [0.2, 0.25) is 0 Å². The van der Waals surface area contributed by atoms with Crippen molar-refractivity contribution in [2.75, 3.05) is 13.1 Å². The van der Waals surface area contributed by atoms with Crippen molar-refractivity contribution in [1.82, 2.24) is 10.2 Å². The largest absolute Gasteiger partial charge is 0.300 e. The van der Waals surface area contributed by atoms with Gasteiger partial charge in [0.15, 0.2) is 0 Å². The number of nitrogens with one attached hydrogen (secondary N) is 1. The van der Waals surface area contributed by atoms with Crippen LogP contribution in [0.1, 0.15) is 37.8 Å². The van der Waals surface area contributed by atoms with Crippen LogP contribution in [0, 0.1) is 11.3 Å². The normalized spacial score (nSPS) is 17.7. The third-order valence-corrected chi connectivity index (χ3v) is 3.87. The standard InChI is InChI=1S/C16H23N3/c1-3-18-16(2,13-17)9-6-10-19-11-14-7-4-5-8-15(14)12-19/h4-5,7-8,18H,3,6,9-12H2,1-2H3. The molecule has 3 heteroatoms. The van der Waals surface area contributed by atoms with Crippen LogP contribution < -0.4 is 5.32 Å². The lowest BCUT2D eigenvalue weighted by molar-refractivity contribution is 0.265. The highest BCUT2D eigenvalue weighted by Crippen LogP contribution is 2.23. The summed E-state index contributed by atoms with van der Waals surface area (Å²) in [6, 6.07) is 11.0. The summed E-state index contributed by atoms with van der Waals surface area (Å²) >= 11 is 0. The summed E-state index contributed by atoms with van der Waals surface area (Å²) in [6.45, 7) is 8.07. The zero-order valence-electron chi connectivity index (χ0n) is 11.9. The second kappa shape index (κ2) is 6.18. The molecule has 0 spiro atoms. The molecular weight excluding hydrogens is 234 g/mol. The van der Waals surface area contributed by atoms with E-state index < -0.39 is 0 Å². The zero-order valence-corrected chi connectivity index (χ0v) is 11.9. The number of fused-ring (bicyclic) bond motifs is 1. The Hall–Kier alpha value is -1.37. The van der Waals surface area contributed by atoms with Crippen LogP contribution in [-0.2, 0) is 13.1 Å². The molecule has 1 aromatic carbocycles. The Morgan fingerprint density at radius 3 is 2.47 bits per heavy atom. The van der Waals surface area contributed by atoms with E-state index in [2.05, 4.69) is 40.6 Å². The first-order valence-corrected chi connectivity index (χ1v) is 7.12. The summed E-state index contributed by atoms with van der Waals surface area (Å²) in [5, 5.41) is 12.5. The lowest BCUT2D eigenvalue weighted by atomic mass is 9.97. The number of rotatable bonds is 6. The summed E-state index contributed by atoms with van der Waals surface area (Å²) in [5.74, 6) is 0. The van der Waals surface area contributed by atoms with Crippen LogP contribution >= 0.6 is 0 Å². The highest BCUT2D eigenvalue weighted by molar-refractivity contribution is 5.30. The summed E-state index contributed by atoms with van der Waals surface area (Å²) in [7, 11) is 0. The Morgan fingerprint density at radius 1 is 1.32 bits per heavy atom. The molecular formula is C16H23N3. The minimum atomic E-state index is -0.374. The van der Waals surface area contributed by atoms with Gasteiger partial charge in [0.05, 0.1) is 6.07 Å². The molecule has 1 N–H and O–H groups in total. The molecule has 1 aliphatic heterocycles. The third kappa shape index (κ3) is 3.56. The van der Waals surface area contributed by atoms with Crippen LogP contribution in [0.2, 0.25) is 0 Å². The molecule has 3 nitrogen and oxygen atoms in total. The van der Waals surface area contributed by atoms with Gasteiger partial charge in [-0.25, -0.2) is 0 Å². The Labute approximate surface area is 116 Å². The summed E-state index contributed by atoms with van der Waals surface area (Å²) in [5.41, 5.74) is 2.54. The minimum absolute atomic E-state index is 0.374. The average molecular weight is 257 g/mol. The monoisotopic (exact) mass is 257 g/mol. The van der Waals surface area contributed by atoms with Gasteiger partial charge in [-0.05, 0) is 44.0 Å². The molecule has 1 atom stereocenters. The predicted molar refractivity (Wildman–Crippen MR) is 77.5 cm³/mol. The van der Waals surface area contributed by atoms with Crippen molar-refractivity contribution in [3.63, 3.8) is 0 Å². The van der Waals surface area contributed by atoms with Gasteiger partial charge in [0, 0.05) is 13.1 Å². The molecule has 0 aromatic heterocycles. The first-order valence-electron chi connectivity index (χ1n) is 7.12. The van der Waals surface area contributed by atoms with Crippen molar-refractivity contribution in [2.24, 2.45) is 0 Å². The summed E-state index contributed by atoms with van der Waals surface area (Å²) in [4.78, 5) is 2.47. The molecule has 0 amide bonds. The molecule has 0 aliphatic carbocycles. The summed E-state index contributed by atoms with van der Waals surface area (Å²) < 4.78 is 0. The molecule has 0 fully saturated rings. The van der Waals surface area contributed by atoms with Crippen LogP contribution in [0.5, 0.6) is 0 Å². The van der Waals surface area contributed by atoms with E-state index in [1.807, 2.05) is 13.8 Å². The molecule has 1 unspecified atom stereocenters. The molecule has 0 bridgehead atoms. The maximum absolute atomic E-state index is 9.22. The maximum Gasteiger partial charge on any atom is 0.103 e. The summed E-state index contributed by atoms with van der Waals surface area (Å²) in [6.07, 6.45) is 1.97. The molecule has 0 radical (unpaired) electrons. The maximum atomic E-state index is 9.22. The zero-order chi connectivity index (χ0) is 13.7. The molecule has 102 valence electrons. The predicted octanol–water partition coefficient (Wildman–Crippen LogP) is 2.67. The second-order valence-corrected chi connectivity index (χ2v) is 5.56. The van der Waals surface area contributed by atoms with Crippen molar-refractivity contribution < 1.29 is 0 Å². The van der Waals surface area contributed by atoms with Gasteiger partial charge in [0.25, 0.3) is 0 Å². The van der Waals surface area contributed by atoms with Crippen molar-refractivity contribution in [3.8, 4) is 6.07 Å². The molecule has 1 aromatic rings. The van der Waals surface area contributed by atoms with Crippen molar-refractivity contribution in [2.45, 2.75) is 45.3 Å². The Morgan fingerprint density at radius 2 is 1.95 bits per heavy atom. The van der Waals surface area contributed by atoms with Crippen molar-refractivity contribution >= 4 is 0 Å². The van der Waals surface area contributed by atoms with Gasteiger partial charge in [-0.3, -0.25) is 10.2 Å². The van der Waals surface area contributed by atoms with E-state index >= 15 is 0 Å². The number of nitriles is 1. The van der Waals surface area contributed by atoms with E-state index in [4.69, 9.17) is 0 Å². The van der Waals surface area contributed by atoms with Crippen LogP contribution in [0.15, 0.2) is 24.3 Å². The molecule has 0 saturated heterocycles. The first kappa shape index (κ1) is 14.0. The molecule has 1 aliphatic rings. The van der Waals surface area contributed by atoms with Gasteiger partial charge in [0.1, 0.15) is 5.54 Å². The lowest BCUT2D eigenvalue weighted by Crippen LogP contribution is -2.41. The van der Waals surface area contributed by atoms with Gasteiger partial charge in [-0.1, -0.05) is 31.2 Å². The molecule has 0 saturated carbocycles. The van der Waals surface area contributed by atoms with Gasteiger partial charge in [-0.2, -0.15) is 5.26 Å².